The van der Waals surface area contributed by atoms with Gasteiger partial charge in [-0.25, -0.2) is 4.79 Å². The second kappa shape index (κ2) is 9.08. The standard InChI is InChI=1S/C12H11N2.C7H7N4O2.Y/c1-9-3-5-13-11(7-9)12-8-10(2)4-6-14-12;1-10-5-4(8-3-9-5)6(12)11(2)7(10)13;/h3-8H,1H2,2H3;1-2H3,(H,8,9);/q2*-1;. The van der Waals surface area contributed by atoms with Crippen molar-refractivity contribution >= 4 is 11.2 Å². The first-order chi connectivity index (χ1) is 12.9. The second-order valence-electron chi connectivity index (χ2n) is 6.02. The zero-order chi connectivity index (χ0) is 19.6. The number of fused-ring (bicyclic) bond motifs is 1. The molecule has 4 aromatic rings. The zero-order valence-electron chi connectivity index (χ0n) is 15.8. The van der Waals surface area contributed by atoms with Crippen LogP contribution in [0.3, 0.4) is 0 Å². The Morgan fingerprint density at radius 1 is 1.04 bits per heavy atom. The number of hydrogen-bond donors (Lipinski definition) is 1. The molecule has 0 spiro atoms. The topological polar surface area (TPSA) is 98.5 Å². The SMILES string of the molecule is Cn1c(=O)c2[nH][c-]nc2n(C)c1=O.[CH2-]c1ccnc(-c2cc(C)ccn2)c1.[Y]. The Balaban J connectivity index is 0.000000194. The summed E-state index contributed by atoms with van der Waals surface area (Å²) in [5, 5.41) is 0. The first-order valence-corrected chi connectivity index (χ1v) is 8.11. The largest absolute Gasteiger partial charge is 0.455 e. The molecule has 0 saturated heterocycles. The van der Waals surface area contributed by atoms with Crippen LogP contribution in [0.15, 0.2) is 46.2 Å². The van der Waals surface area contributed by atoms with Gasteiger partial charge in [0.2, 0.25) is 5.56 Å². The number of imidazole rings is 1. The number of pyridine rings is 2. The van der Waals surface area contributed by atoms with E-state index in [-0.39, 0.29) is 38.3 Å². The molecule has 0 aromatic carbocycles. The molecule has 0 amide bonds. The molecule has 0 atom stereocenters. The van der Waals surface area contributed by atoms with Crippen molar-refractivity contribution in [2.45, 2.75) is 6.92 Å². The van der Waals surface area contributed by atoms with Gasteiger partial charge in [-0.15, -0.1) is 12.1 Å². The van der Waals surface area contributed by atoms with E-state index < -0.39 is 5.69 Å². The quantitative estimate of drug-likeness (QED) is 0.441. The van der Waals surface area contributed by atoms with Gasteiger partial charge in [0.25, 0.3) is 0 Å². The minimum absolute atomic E-state index is 0. The summed E-state index contributed by atoms with van der Waals surface area (Å²) in [4.78, 5) is 37.6. The fraction of sp³-hybridized carbons (Fsp3) is 0.158. The van der Waals surface area contributed by atoms with E-state index in [9.17, 15) is 9.59 Å². The Kier molecular flexibility index (Phi) is 7.04. The molecule has 1 N–H and O–H groups in total. The molecule has 0 aliphatic heterocycles. The van der Waals surface area contributed by atoms with Gasteiger partial charge in [-0.1, -0.05) is 0 Å². The molecule has 9 heteroatoms. The number of rotatable bonds is 1. The van der Waals surface area contributed by atoms with Crippen molar-refractivity contribution in [2.24, 2.45) is 14.1 Å². The molecule has 0 aliphatic carbocycles. The Hall–Kier alpha value is -2.58. The third-order valence-corrected chi connectivity index (χ3v) is 3.98. The average Bonchev–Trinajstić information content (AvgIpc) is 3.15. The van der Waals surface area contributed by atoms with Crippen LogP contribution in [0.5, 0.6) is 0 Å². The minimum atomic E-state index is -0.391. The molecule has 0 fully saturated rings. The molecular formula is C19H18N6O2Y-2. The van der Waals surface area contributed by atoms with Crippen molar-refractivity contribution in [1.82, 2.24) is 29.1 Å². The zero-order valence-corrected chi connectivity index (χ0v) is 18.6. The van der Waals surface area contributed by atoms with Crippen LogP contribution in [-0.4, -0.2) is 29.1 Å². The van der Waals surface area contributed by atoms with Crippen molar-refractivity contribution in [1.29, 1.82) is 0 Å². The smallest absolute Gasteiger partial charge is 0.319 e. The van der Waals surface area contributed by atoms with Crippen LogP contribution in [0.25, 0.3) is 22.6 Å². The number of nitrogens with one attached hydrogen (secondary N) is 1. The van der Waals surface area contributed by atoms with Gasteiger partial charge in [-0.3, -0.25) is 19.3 Å². The van der Waals surface area contributed by atoms with E-state index in [1.54, 1.807) is 19.4 Å². The van der Waals surface area contributed by atoms with Gasteiger partial charge in [-0.2, -0.15) is 12.5 Å². The fourth-order valence-electron chi connectivity index (χ4n) is 2.50. The average molecular weight is 451 g/mol. The molecule has 1 radical (unpaired) electrons. The summed E-state index contributed by atoms with van der Waals surface area (Å²) < 4.78 is 2.32. The predicted octanol–water partition coefficient (Wildman–Crippen LogP) is 1.39. The number of hydrogen-bond acceptors (Lipinski definition) is 5. The molecule has 0 bridgehead atoms. The van der Waals surface area contributed by atoms with Gasteiger partial charge in [0, 0.05) is 70.7 Å². The Bertz CT molecular complexity index is 1180. The van der Waals surface area contributed by atoms with Crippen LogP contribution in [-0.2, 0) is 46.8 Å². The number of aromatic amines is 1. The maximum absolute atomic E-state index is 11.4. The van der Waals surface area contributed by atoms with Crippen molar-refractivity contribution < 1.29 is 32.7 Å². The van der Waals surface area contributed by atoms with E-state index in [0.29, 0.717) is 11.2 Å². The maximum Gasteiger partial charge on any atom is 0.319 e. The third-order valence-electron chi connectivity index (χ3n) is 3.98. The normalized spacial score (nSPS) is 10.1. The van der Waals surface area contributed by atoms with Crippen LogP contribution >= 0.6 is 0 Å². The Morgan fingerprint density at radius 3 is 2.32 bits per heavy atom. The van der Waals surface area contributed by atoms with E-state index in [4.69, 9.17) is 0 Å². The van der Waals surface area contributed by atoms with E-state index in [0.717, 1.165) is 21.5 Å². The van der Waals surface area contributed by atoms with Crippen molar-refractivity contribution in [3.8, 4) is 11.4 Å². The van der Waals surface area contributed by atoms with E-state index in [1.807, 2.05) is 31.2 Å². The number of nitrogens with zero attached hydrogens (tertiary/aromatic N) is 5. The van der Waals surface area contributed by atoms with Gasteiger partial charge < -0.3 is 14.5 Å². The second-order valence-corrected chi connectivity index (χ2v) is 6.02. The van der Waals surface area contributed by atoms with E-state index >= 15 is 0 Å². The predicted molar refractivity (Wildman–Crippen MR) is 102 cm³/mol. The van der Waals surface area contributed by atoms with Gasteiger partial charge >= 0.3 is 5.69 Å². The summed E-state index contributed by atoms with van der Waals surface area (Å²) in [6.45, 7) is 5.90. The molecule has 4 aromatic heterocycles. The monoisotopic (exact) mass is 451 g/mol. The Labute approximate surface area is 186 Å². The summed E-state index contributed by atoms with van der Waals surface area (Å²) in [6, 6.07) is 7.79. The van der Waals surface area contributed by atoms with E-state index in [1.165, 1.54) is 17.2 Å². The molecule has 0 aliphatic rings. The van der Waals surface area contributed by atoms with Crippen LogP contribution in [0.1, 0.15) is 11.1 Å². The van der Waals surface area contributed by atoms with Crippen LogP contribution < -0.4 is 11.2 Å². The maximum atomic E-state index is 11.4. The molecule has 141 valence electrons. The molecule has 0 unspecified atom stereocenters. The molecular weight excluding hydrogens is 433 g/mol. The summed E-state index contributed by atoms with van der Waals surface area (Å²) >= 11 is 0. The molecule has 8 nitrogen and oxygen atoms in total. The summed E-state index contributed by atoms with van der Waals surface area (Å²) in [7, 11) is 2.98. The summed E-state index contributed by atoms with van der Waals surface area (Å²) in [6.07, 6.45) is 5.97. The first-order valence-electron chi connectivity index (χ1n) is 8.11. The third kappa shape index (κ3) is 4.45. The molecule has 4 rings (SSSR count). The first kappa shape index (κ1) is 21.7. The van der Waals surface area contributed by atoms with Crippen LogP contribution in [0.2, 0.25) is 0 Å². The van der Waals surface area contributed by atoms with Crippen LogP contribution in [0.4, 0.5) is 0 Å². The fourth-order valence-corrected chi connectivity index (χ4v) is 2.50. The van der Waals surface area contributed by atoms with Gasteiger partial charge in [0.1, 0.15) is 0 Å². The Morgan fingerprint density at radius 2 is 1.68 bits per heavy atom. The van der Waals surface area contributed by atoms with Gasteiger partial charge in [-0.05, 0) is 36.3 Å². The summed E-state index contributed by atoms with van der Waals surface area (Å²) in [5.41, 5.74) is 3.77. The van der Waals surface area contributed by atoms with Crippen molar-refractivity contribution in [2.75, 3.05) is 0 Å². The number of aromatic nitrogens is 6. The molecule has 0 saturated carbocycles. The van der Waals surface area contributed by atoms with Gasteiger partial charge in [0.05, 0.1) is 5.69 Å². The molecule has 28 heavy (non-hydrogen) atoms. The van der Waals surface area contributed by atoms with Crippen molar-refractivity contribution in [3.63, 3.8) is 0 Å². The van der Waals surface area contributed by atoms with Crippen molar-refractivity contribution in [3.05, 3.63) is 81.9 Å². The minimum Gasteiger partial charge on any atom is -0.455 e. The van der Waals surface area contributed by atoms with Gasteiger partial charge in [0.15, 0.2) is 0 Å². The number of aryl methyl sites for hydroxylation is 2. The van der Waals surface area contributed by atoms with E-state index in [2.05, 4.69) is 33.2 Å². The number of H-pyrrole nitrogens is 1. The van der Waals surface area contributed by atoms with Crippen LogP contribution in [0, 0.1) is 20.2 Å². The summed E-state index contributed by atoms with van der Waals surface area (Å²) in [5.74, 6) is 0. The molecule has 4 heterocycles.